The number of rotatable bonds is 5. The topological polar surface area (TPSA) is 26.3 Å². The van der Waals surface area contributed by atoms with Crippen LogP contribution in [0.4, 0.5) is 0 Å². The van der Waals surface area contributed by atoms with Crippen molar-refractivity contribution in [3.63, 3.8) is 0 Å². The van der Waals surface area contributed by atoms with Crippen LogP contribution in [0.2, 0.25) is 0 Å². The Morgan fingerprint density at radius 2 is 2.06 bits per heavy atom. The Morgan fingerprint density at radius 3 is 2.65 bits per heavy atom. The van der Waals surface area contributed by atoms with Gasteiger partial charge in [0.25, 0.3) is 0 Å². The van der Waals surface area contributed by atoms with E-state index in [1.807, 2.05) is 0 Å². The number of unbranched alkanes of at least 4 members (excludes halogenated alkanes) is 1. The van der Waals surface area contributed by atoms with E-state index in [9.17, 15) is 4.79 Å². The fourth-order valence-corrected chi connectivity index (χ4v) is 2.23. The minimum Gasteiger partial charge on any atom is -0.465 e. The number of methoxy groups -OCH3 is 1. The van der Waals surface area contributed by atoms with Crippen molar-refractivity contribution in [2.24, 2.45) is 5.92 Å². The first kappa shape index (κ1) is 14.1. The zero-order chi connectivity index (χ0) is 12.5. The van der Waals surface area contributed by atoms with E-state index in [1.54, 1.807) is 0 Å². The van der Waals surface area contributed by atoms with Crippen LogP contribution in [-0.4, -0.2) is 13.1 Å². The molecule has 0 N–H and O–H groups in total. The first-order chi connectivity index (χ1) is 8.27. The predicted molar refractivity (Wildman–Crippen MR) is 69.7 cm³/mol. The first-order valence-corrected chi connectivity index (χ1v) is 6.82. The smallest absolute Gasteiger partial charge is 0.341 e. The quantitative estimate of drug-likeness (QED) is 0.409. The molecule has 17 heavy (non-hydrogen) atoms. The van der Waals surface area contributed by atoms with Crippen LogP contribution in [0.5, 0.6) is 0 Å². The van der Waals surface area contributed by atoms with Crippen LogP contribution in [0, 0.1) is 5.92 Å². The molecule has 1 rings (SSSR count). The average molecular weight is 236 g/mol. The number of hydrogen-bond acceptors (Lipinski definition) is 2. The largest absolute Gasteiger partial charge is 0.465 e. The van der Waals surface area contributed by atoms with Crippen molar-refractivity contribution in [3.05, 3.63) is 17.4 Å². The maximum absolute atomic E-state index is 11.5. The minimum absolute atomic E-state index is 0.217. The van der Waals surface area contributed by atoms with Crippen molar-refractivity contribution >= 4 is 5.97 Å². The van der Waals surface area contributed by atoms with Gasteiger partial charge in [-0.1, -0.05) is 32.6 Å². The van der Waals surface area contributed by atoms with Gasteiger partial charge >= 0.3 is 5.97 Å². The molecule has 0 spiro atoms. The first-order valence-electron chi connectivity index (χ1n) is 6.82. The number of carbonyl (C=O) groups is 1. The zero-order valence-electron chi connectivity index (χ0n) is 11.1. The molecule has 0 unspecified atom stereocenters. The number of ether oxygens (including phenoxy) is 1. The molecule has 0 bridgehead atoms. The average Bonchev–Trinajstić information content (AvgIpc) is 2.39. The summed E-state index contributed by atoms with van der Waals surface area (Å²) >= 11 is 0. The molecule has 1 aliphatic carbocycles. The summed E-state index contributed by atoms with van der Waals surface area (Å²) in [7, 11) is 1.44. The Balaban J connectivity index is 2.65. The Labute approximate surface area is 105 Å². The van der Waals surface area contributed by atoms with E-state index in [0.29, 0.717) is 11.5 Å². The van der Waals surface area contributed by atoms with Gasteiger partial charge in [0.1, 0.15) is 0 Å². The van der Waals surface area contributed by atoms with Crippen LogP contribution in [0.1, 0.15) is 58.3 Å². The lowest BCUT2D eigenvalue weighted by atomic mass is 9.89. The molecule has 0 amide bonds. The molecule has 0 aromatic heterocycles. The van der Waals surface area contributed by atoms with E-state index in [4.69, 9.17) is 4.74 Å². The fourth-order valence-electron chi connectivity index (χ4n) is 2.23. The Kier molecular flexibility index (Phi) is 6.73. The van der Waals surface area contributed by atoms with Crippen molar-refractivity contribution in [3.8, 4) is 0 Å². The van der Waals surface area contributed by atoms with E-state index in [-0.39, 0.29) is 5.97 Å². The van der Waals surface area contributed by atoms with Crippen LogP contribution in [-0.2, 0) is 9.53 Å². The zero-order valence-corrected chi connectivity index (χ0v) is 11.1. The molecule has 1 fully saturated rings. The second-order valence-electron chi connectivity index (χ2n) is 4.78. The molecule has 0 radical (unpaired) electrons. The molecule has 0 heterocycles. The van der Waals surface area contributed by atoms with Gasteiger partial charge in [-0.25, -0.2) is 4.79 Å². The summed E-state index contributed by atoms with van der Waals surface area (Å²) in [4.78, 5) is 11.5. The summed E-state index contributed by atoms with van der Waals surface area (Å²) < 4.78 is 4.79. The van der Waals surface area contributed by atoms with Crippen LogP contribution >= 0.6 is 0 Å². The SMILES string of the molecule is CCCCC(=C=CC1CCCCC1)C(=O)OC. The normalized spacial score (nSPS) is 16.1. The van der Waals surface area contributed by atoms with E-state index in [2.05, 4.69) is 18.7 Å². The molecular weight excluding hydrogens is 212 g/mol. The second-order valence-corrected chi connectivity index (χ2v) is 4.78. The molecule has 2 nitrogen and oxygen atoms in total. The molecule has 0 atom stereocenters. The maximum atomic E-state index is 11.5. The van der Waals surface area contributed by atoms with Crippen molar-refractivity contribution < 1.29 is 9.53 Å². The Bertz CT molecular complexity index is 292. The third-order valence-electron chi connectivity index (χ3n) is 3.36. The van der Waals surface area contributed by atoms with Crippen molar-refractivity contribution in [1.29, 1.82) is 0 Å². The van der Waals surface area contributed by atoms with E-state index in [1.165, 1.54) is 39.2 Å². The third kappa shape index (κ3) is 5.23. The molecular formula is C15H24O2. The maximum Gasteiger partial charge on any atom is 0.341 e. The van der Waals surface area contributed by atoms with Crippen LogP contribution in [0.15, 0.2) is 17.4 Å². The number of hydrogen-bond donors (Lipinski definition) is 0. The van der Waals surface area contributed by atoms with Crippen LogP contribution in [0.3, 0.4) is 0 Å². The van der Waals surface area contributed by atoms with Gasteiger partial charge in [0.15, 0.2) is 0 Å². The lowest BCUT2D eigenvalue weighted by molar-refractivity contribution is -0.136. The molecule has 1 aliphatic rings. The molecule has 0 aliphatic heterocycles. The highest BCUT2D eigenvalue weighted by molar-refractivity contribution is 5.88. The summed E-state index contributed by atoms with van der Waals surface area (Å²) in [5.74, 6) is 0.399. The van der Waals surface area contributed by atoms with Gasteiger partial charge in [-0.15, -0.1) is 5.73 Å². The lowest BCUT2D eigenvalue weighted by Crippen LogP contribution is -2.05. The summed E-state index contributed by atoms with van der Waals surface area (Å²) in [6.07, 6.45) is 11.5. The van der Waals surface area contributed by atoms with Crippen molar-refractivity contribution in [2.75, 3.05) is 7.11 Å². The Hall–Kier alpha value is -1.01. The highest BCUT2D eigenvalue weighted by atomic mass is 16.5. The van der Waals surface area contributed by atoms with E-state index in [0.717, 1.165) is 19.3 Å². The molecule has 0 aromatic rings. The molecule has 0 saturated heterocycles. The van der Waals surface area contributed by atoms with Crippen molar-refractivity contribution in [2.45, 2.75) is 58.3 Å². The van der Waals surface area contributed by atoms with E-state index >= 15 is 0 Å². The highest BCUT2D eigenvalue weighted by Crippen LogP contribution is 2.24. The standard InChI is InChI=1S/C15H24O2/c1-3-4-10-14(15(16)17-2)12-11-13-8-6-5-7-9-13/h11,13H,3-10H2,1-2H3. The van der Waals surface area contributed by atoms with E-state index < -0.39 is 0 Å². The van der Waals surface area contributed by atoms with Gasteiger partial charge in [-0.2, -0.15) is 0 Å². The minimum atomic E-state index is -0.217. The molecule has 0 aromatic carbocycles. The summed E-state index contributed by atoms with van der Waals surface area (Å²) in [5, 5.41) is 0. The third-order valence-corrected chi connectivity index (χ3v) is 3.36. The van der Waals surface area contributed by atoms with Crippen molar-refractivity contribution in [1.82, 2.24) is 0 Å². The molecule has 1 saturated carbocycles. The number of carbonyl (C=O) groups excluding carboxylic acids is 1. The summed E-state index contributed by atoms with van der Waals surface area (Å²) in [6, 6.07) is 0. The molecule has 96 valence electrons. The van der Waals surface area contributed by atoms with Gasteiger partial charge in [0.2, 0.25) is 0 Å². The van der Waals surface area contributed by atoms with Gasteiger partial charge in [-0.3, -0.25) is 0 Å². The summed E-state index contributed by atoms with van der Waals surface area (Å²) in [5.41, 5.74) is 3.90. The lowest BCUT2D eigenvalue weighted by Gasteiger charge is -2.16. The molecule has 2 heteroatoms. The monoisotopic (exact) mass is 236 g/mol. The summed E-state index contributed by atoms with van der Waals surface area (Å²) in [6.45, 7) is 2.12. The van der Waals surface area contributed by atoms with Gasteiger partial charge < -0.3 is 4.74 Å². The highest BCUT2D eigenvalue weighted by Gasteiger charge is 2.11. The van der Waals surface area contributed by atoms with Crippen LogP contribution < -0.4 is 0 Å². The fraction of sp³-hybridized carbons (Fsp3) is 0.733. The van der Waals surface area contributed by atoms with Gasteiger partial charge in [0.05, 0.1) is 12.7 Å². The second kappa shape index (κ2) is 8.14. The van der Waals surface area contributed by atoms with Gasteiger partial charge in [-0.05, 0) is 37.7 Å². The number of esters is 1. The Morgan fingerprint density at radius 1 is 1.35 bits per heavy atom. The van der Waals surface area contributed by atoms with Gasteiger partial charge in [0, 0.05) is 0 Å². The van der Waals surface area contributed by atoms with Crippen LogP contribution in [0.25, 0.3) is 0 Å². The predicted octanol–water partition coefficient (Wildman–Crippen LogP) is 4.01.